The van der Waals surface area contributed by atoms with Crippen LogP contribution in [0.4, 0.5) is 5.69 Å². The van der Waals surface area contributed by atoms with E-state index >= 15 is 0 Å². The number of hydrogen-bond acceptors (Lipinski definition) is 2. The van der Waals surface area contributed by atoms with Crippen molar-refractivity contribution in [1.82, 2.24) is 0 Å². The number of halogens is 1. The number of hydrogen-bond donors (Lipinski definition) is 1. The molecule has 0 saturated carbocycles. The second kappa shape index (κ2) is 8.18. The summed E-state index contributed by atoms with van der Waals surface area (Å²) >= 11 is 0. The Labute approximate surface area is 122 Å². The molecule has 0 spiro atoms. The van der Waals surface area contributed by atoms with Gasteiger partial charge in [-0.2, -0.15) is 0 Å². The fraction of sp³-hybridized carbons (Fsp3) is 0.533. The molecule has 0 aliphatic heterocycles. The molecule has 4 heteroatoms. The minimum Gasteiger partial charge on any atom is -0.328 e. The molecule has 1 rings (SSSR count). The molecule has 2 N–H and O–H groups in total. The van der Waals surface area contributed by atoms with E-state index in [1.54, 1.807) is 4.90 Å². The van der Waals surface area contributed by atoms with Crippen LogP contribution < -0.4 is 10.6 Å². The van der Waals surface area contributed by atoms with Crippen molar-refractivity contribution in [3.8, 4) is 0 Å². The van der Waals surface area contributed by atoms with Crippen LogP contribution in [0.5, 0.6) is 0 Å². The van der Waals surface area contributed by atoms with Crippen molar-refractivity contribution < 1.29 is 4.79 Å². The van der Waals surface area contributed by atoms with Gasteiger partial charge in [-0.05, 0) is 37.0 Å². The number of nitrogens with zero attached hydrogens (tertiary/aromatic N) is 1. The standard InChI is InChI=1S/C15H24N2O.ClH/c1-11(2)13-6-5-7-14(10-13)17(4)15(18)9-8-12(3)16;/h5-7,10-12H,8-9,16H2,1-4H3;1H. The molecule has 0 radical (unpaired) electrons. The first-order valence-electron chi connectivity index (χ1n) is 6.54. The van der Waals surface area contributed by atoms with E-state index < -0.39 is 0 Å². The predicted molar refractivity (Wildman–Crippen MR) is 84.1 cm³/mol. The van der Waals surface area contributed by atoms with Crippen LogP contribution in [0.25, 0.3) is 0 Å². The minimum absolute atomic E-state index is 0. The second-order valence-corrected chi connectivity index (χ2v) is 5.22. The van der Waals surface area contributed by atoms with Gasteiger partial charge in [0.15, 0.2) is 0 Å². The highest BCUT2D eigenvalue weighted by atomic mass is 35.5. The number of rotatable bonds is 5. The molecule has 1 aromatic rings. The van der Waals surface area contributed by atoms with E-state index in [0.717, 1.165) is 12.1 Å². The zero-order chi connectivity index (χ0) is 13.7. The average Bonchev–Trinajstić information content (AvgIpc) is 2.35. The highest BCUT2D eigenvalue weighted by molar-refractivity contribution is 5.92. The molecular weight excluding hydrogens is 260 g/mol. The number of amides is 1. The largest absolute Gasteiger partial charge is 0.328 e. The first kappa shape index (κ1) is 17.9. The number of carbonyl (C=O) groups is 1. The molecule has 1 amide bonds. The maximum absolute atomic E-state index is 12.0. The van der Waals surface area contributed by atoms with Crippen molar-refractivity contribution in [2.75, 3.05) is 11.9 Å². The van der Waals surface area contributed by atoms with Gasteiger partial charge in [0.05, 0.1) is 0 Å². The first-order valence-corrected chi connectivity index (χ1v) is 6.54. The van der Waals surface area contributed by atoms with E-state index in [0.29, 0.717) is 12.3 Å². The molecule has 0 aliphatic carbocycles. The van der Waals surface area contributed by atoms with Crippen LogP contribution in [0.15, 0.2) is 24.3 Å². The summed E-state index contributed by atoms with van der Waals surface area (Å²) in [6, 6.07) is 8.21. The van der Waals surface area contributed by atoms with E-state index in [1.165, 1.54) is 5.56 Å². The fourth-order valence-corrected chi connectivity index (χ4v) is 1.76. The van der Waals surface area contributed by atoms with Crippen LogP contribution >= 0.6 is 12.4 Å². The van der Waals surface area contributed by atoms with Gasteiger partial charge >= 0.3 is 0 Å². The Morgan fingerprint density at radius 3 is 2.47 bits per heavy atom. The zero-order valence-electron chi connectivity index (χ0n) is 12.2. The van der Waals surface area contributed by atoms with Crippen molar-refractivity contribution in [1.29, 1.82) is 0 Å². The molecule has 1 atom stereocenters. The van der Waals surface area contributed by atoms with Crippen LogP contribution in [0.1, 0.15) is 45.1 Å². The van der Waals surface area contributed by atoms with E-state index in [9.17, 15) is 4.79 Å². The molecule has 0 saturated heterocycles. The Morgan fingerprint density at radius 2 is 1.95 bits per heavy atom. The zero-order valence-corrected chi connectivity index (χ0v) is 13.0. The molecule has 1 unspecified atom stereocenters. The van der Waals surface area contributed by atoms with E-state index in [2.05, 4.69) is 26.0 Å². The summed E-state index contributed by atoms with van der Waals surface area (Å²) in [5.74, 6) is 0.589. The maximum atomic E-state index is 12.0. The summed E-state index contributed by atoms with van der Waals surface area (Å²) in [4.78, 5) is 13.7. The van der Waals surface area contributed by atoms with Gasteiger partial charge in [0, 0.05) is 25.2 Å². The third-order valence-electron chi connectivity index (χ3n) is 3.11. The second-order valence-electron chi connectivity index (χ2n) is 5.22. The van der Waals surface area contributed by atoms with Gasteiger partial charge in [-0.15, -0.1) is 12.4 Å². The lowest BCUT2D eigenvalue weighted by atomic mass is 10.0. The molecule has 0 aliphatic rings. The number of anilines is 1. The lowest BCUT2D eigenvalue weighted by molar-refractivity contribution is -0.118. The first-order chi connectivity index (χ1) is 8.41. The highest BCUT2D eigenvalue weighted by Crippen LogP contribution is 2.21. The van der Waals surface area contributed by atoms with Gasteiger partial charge in [0.2, 0.25) is 5.91 Å². The summed E-state index contributed by atoms with van der Waals surface area (Å²) in [5.41, 5.74) is 7.88. The van der Waals surface area contributed by atoms with Crippen LogP contribution in [-0.4, -0.2) is 19.0 Å². The molecule has 1 aromatic carbocycles. The van der Waals surface area contributed by atoms with Crippen molar-refractivity contribution in [3.05, 3.63) is 29.8 Å². The summed E-state index contributed by atoms with van der Waals surface area (Å²) in [5, 5.41) is 0. The monoisotopic (exact) mass is 284 g/mol. The lowest BCUT2D eigenvalue weighted by Crippen LogP contribution is -2.28. The molecule has 19 heavy (non-hydrogen) atoms. The summed E-state index contributed by atoms with van der Waals surface area (Å²) in [7, 11) is 1.82. The summed E-state index contributed by atoms with van der Waals surface area (Å²) in [6.45, 7) is 6.22. The molecule has 3 nitrogen and oxygen atoms in total. The van der Waals surface area contributed by atoms with Gasteiger partial charge in [-0.25, -0.2) is 0 Å². The van der Waals surface area contributed by atoms with Crippen molar-refractivity contribution in [2.24, 2.45) is 5.73 Å². The average molecular weight is 285 g/mol. The molecule has 0 fully saturated rings. The maximum Gasteiger partial charge on any atom is 0.226 e. The normalized spacial score (nSPS) is 11.9. The third kappa shape index (κ3) is 5.62. The lowest BCUT2D eigenvalue weighted by Gasteiger charge is -2.19. The quantitative estimate of drug-likeness (QED) is 0.901. The molecule has 0 heterocycles. The smallest absolute Gasteiger partial charge is 0.226 e. The Bertz CT molecular complexity index is 405. The number of benzene rings is 1. The van der Waals surface area contributed by atoms with Crippen molar-refractivity contribution in [3.63, 3.8) is 0 Å². The van der Waals surface area contributed by atoms with Gasteiger partial charge < -0.3 is 10.6 Å². The topological polar surface area (TPSA) is 46.3 Å². The summed E-state index contributed by atoms with van der Waals surface area (Å²) < 4.78 is 0. The predicted octanol–water partition coefficient (Wildman–Crippen LogP) is 3.32. The summed E-state index contributed by atoms with van der Waals surface area (Å²) in [6.07, 6.45) is 1.23. The van der Waals surface area contributed by atoms with E-state index in [1.807, 2.05) is 26.1 Å². The Kier molecular flexibility index (Phi) is 7.72. The molecule has 108 valence electrons. The van der Waals surface area contributed by atoms with Crippen LogP contribution in [-0.2, 0) is 4.79 Å². The van der Waals surface area contributed by atoms with Crippen LogP contribution in [0, 0.1) is 0 Å². The Morgan fingerprint density at radius 1 is 1.32 bits per heavy atom. The van der Waals surface area contributed by atoms with E-state index in [4.69, 9.17) is 5.73 Å². The number of nitrogens with two attached hydrogens (primary N) is 1. The van der Waals surface area contributed by atoms with E-state index in [-0.39, 0.29) is 24.4 Å². The fourth-order valence-electron chi connectivity index (χ4n) is 1.76. The van der Waals surface area contributed by atoms with Crippen molar-refractivity contribution >= 4 is 24.0 Å². The van der Waals surface area contributed by atoms with Gasteiger partial charge in [-0.3, -0.25) is 4.79 Å². The highest BCUT2D eigenvalue weighted by Gasteiger charge is 2.12. The Balaban J connectivity index is 0.00000324. The van der Waals surface area contributed by atoms with Crippen molar-refractivity contribution in [2.45, 2.75) is 45.6 Å². The molecule has 0 bridgehead atoms. The van der Waals surface area contributed by atoms with Gasteiger partial charge in [0.1, 0.15) is 0 Å². The third-order valence-corrected chi connectivity index (χ3v) is 3.11. The molecule has 0 aromatic heterocycles. The van der Waals surface area contributed by atoms with Crippen LogP contribution in [0.3, 0.4) is 0 Å². The minimum atomic E-state index is 0. The number of carbonyl (C=O) groups excluding carboxylic acids is 1. The van der Waals surface area contributed by atoms with Gasteiger partial charge in [0.25, 0.3) is 0 Å². The SMILES string of the molecule is CC(N)CCC(=O)N(C)c1cccc(C(C)C)c1.Cl. The van der Waals surface area contributed by atoms with Gasteiger partial charge in [-0.1, -0.05) is 26.0 Å². The van der Waals surface area contributed by atoms with Crippen LogP contribution in [0.2, 0.25) is 0 Å². The molecular formula is C15H25ClN2O. The Hall–Kier alpha value is -1.06.